The molecule has 0 spiro atoms. The highest BCUT2D eigenvalue weighted by Gasteiger charge is 2.06. The number of benzene rings is 1. The van der Waals surface area contributed by atoms with E-state index in [-0.39, 0.29) is 12.4 Å². The molecule has 106 valence electrons. The Hall–Kier alpha value is -1.04. The predicted molar refractivity (Wildman–Crippen MR) is 80.6 cm³/mol. The van der Waals surface area contributed by atoms with Crippen LogP contribution < -0.4 is 9.54 Å². The van der Waals surface area contributed by atoms with Gasteiger partial charge in [-0.3, -0.25) is 5.41 Å². The van der Waals surface area contributed by atoms with Crippen LogP contribution in [0.25, 0.3) is 10.2 Å². The molecule has 6 heteroatoms. The molecule has 0 aliphatic rings. The highest BCUT2D eigenvalue weighted by Crippen LogP contribution is 2.23. The molecular formula is C13H19ClN2O2S. The zero-order valence-corrected chi connectivity index (χ0v) is 12.8. The Bertz CT molecular complexity index is 580. The first-order valence-corrected chi connectivity index (χ1v) is 6.96. The van der Waals surface area contributed by atoms with Gasteiger partial charge in [0.05, 0.1) is 23.4 Å². The summed E-state index contributed by atoms with van der Waals surface area (Å²) in [5, 5.41) is 7.99. The van der Waals surface area contributed by atoms with E-state index in [4.69, 9.17) is 14.9 Å². The number of hydrogen-bond acceptors (Lipinski definition) is 4. The lowest BCUT2D eigenvalue weighted by molar-refractivity contribution is 0.139. The van der Waals surface area contributed by atoms with Gasteiger partial charge in [-0.25, -0.2) is 0 Å². The Morgan fingerprint density at radius 1 is 1.26 bits per heavy atom. The van der Waals surface area contributed by atoms with Crippen LogP contribution in [-0.2, 0) is 11.3 Å². The average molecular weight is 303 g/mol. The minimum absolute atomic E-state index is 0. The predicted octanol–water partition coefficient (Wildman–Crippen LogP) is 3.04. The fraction of sp³-hybridized carbons (Fsp3) is 0.462. The van der Waals surface area contributed by atoms with Gasteiger partial charge >= 0.3 is 0 Å². The zero-order chi connectivity index (χ0) is 13.0. The Balaban J connectivity index is 0.00000180. The third-order valence-electron chi connectivity index (χ3n) is 2.65. The van der Waals surface area contributed by atoms with E-state index in [2.05, 4.69) is 0 Å². The molecule has 0 bridgehead atoms. The topological polar surface area (TPSA) is 47.2 Å². The molecule has 0 atom stereocenters. The standard InChI is InChI=1S/C13H18N2O2S.ClH/c1-3-16-8-7-15-11-6-5-10(17-4-2)9-12(11)18-13(15)14;/h5-6,9,14H,3-4,7-8H2,1-2H3;1H. The van der Waals surface area contributed by atoms with Crippen molar-refractivity contribution in [3.8, 4) is 5.75 Å². The second-order valence-electron chi connectivity index (χ2n) is 3.82. The molecule has 0 aliphatic heterocycles. The maximum absolute atomic E-state index is 7.99. The van der Waals surface area contributed by atoms with Gasteiger partial charge in [-0.2, -0.15) is 0 Å². The number of nitrogens with zero attached hydrogens (tertiary/aromatic N) is 1. The first kappa shape index (κ1) is 16.0. The van der Waals surface area contributed by atoms with Crippen molar-refractivity contribution in [1.82, 2.24) is 4.57 Å². The maximum Gasteiger partial charge on any atom is 0.182 e. The van der Waals surface area contributed by atoms with E-state index in [9.17, 15) is 0 Å². The average Bonchev–Trinajstić information content (AvgIpc) is 2.66. The normalized spacial score (nSPS) is 10.4. The largest absolute Gasteiger partial charge is 0.494 e. The Morgan fingerprint density at radius 3 is 2.74 bits per heavy atom. The van der Waals surface area contributed by atoms with Gasteiger partial charge < -0.3 is 14.0 Å². The maximum atomic E-state index is 7.99. The van der Waals surface area contributed by atoms with Crippen molar-refractivity contribution in [1.29, 1.82) is 5.41 Å². The molecule has 4 nitrogen and oxygen atoms in total. The summed E-state index contributed by atoms with van der Waals surface area (Å²) < 4.78 is 13.9. The molecular weight excluding hydrogens is 284 g/mol. The smallest absolute Gasteiger partial charge is 0.182 e. The van der Waals surface area contributed by atoms with Crippen molar-refractivity contribution in [3.63, 3.8) is 0 Å². The van der Waals surface area contributed by atoms with Crippen LogP contribution in [0.4, 0.5) is 0 Å². The summed E-state index contributed by atoms with van der Waals surface area (Å²) in [5.41, 5.74) is 1.08. The molecule has 0 unspecified atom stereocenters. The molecule has 1 aromatic heterocycles. The van der Waals surface area contributed by atoms with E-state index >= 15 is 0 Å². The quantitative estimate of drug-likeness (QED) is 0.834. The van der Waals surface area contributed by atoms with Crippen LogP contribution in [0.15, 0.2) is 18.2 Å². The summed E-state index contributed by atoms with van der Waals surface area (Å²) in [7, 11) is 0. The van der Waals surface area contributed by atoms with Crippen molar-refractivity contribution in [2.75, 3.05) is 19.8 Å². The molecule has 1 aromatic carbocycles. The molecule has 0 radical (unpaired) electrons. The van der Waals surface area contributed by atoms with Crippen molar-refractivity contribution in [2.24, 2.45) is 0 Å². The summed E-state index contributed by atoms with van der Waals surface area (Å²) in [4.78, 5) is 0.554. The van der Waals surface area contributed by atoms with Crippen molar-refractivity contribution >= 4 is 34.0 Å². The lowest BCUT2D eigenvalue weighted by Gasteiger charge is -2.06. The molecule has 0 amide bonds. The number of aromatic nitrogens is 1. The van der Waals surface area contributed by atoms with Gasteiger partial charge in [-0.05, 0) is 32.0 Å². The van der Waals surface area contributed by atoms with Gasteiger partial charge in [0, 0.05) is 13.2 Å². The van der Waals surface area contributed by atoms with Gasteiger partial charge in [0.25, 0.3) is 0 Å². The number of ether oxygens (including phenoxy) is 2. The van der Waals surface area contributed by atoms with Crippen LogP contribution in [-0.4, -0.2) is 24.4 Å². The van der Waals surface area contributed by atoms with Gasteiger partial charge in [-0.1, -0.05) is 11.3 Å². The monoisotopic (exact) mass is 302 g/mol. The van der Waals surface area contributed by atoms with Gasteiger partial charge in [0.2, 0.25) is 0 Å². The Kier molecular flexibility index (Phi) is 6.34. The van der Waals surface area contributed by atoms with E-state index in [1.165, 1.54) is 11.3 Å². The summed E-state index contributed by atoms with van der Waals surface area (Å²) in [6.07, 6.45) is 0. The van der Waals surface area contributed by atoms with Crippen LogP contribution in [0.2, 0.25) is 0 Å². The fourth-order valence-electron chi connectivity index (χ4n) is 1.85. The molecule has 2 rings (SSSR count). The zero-order valence-electron chi connectivity index (χ0n) is 11.1. The van der Waals surface area contributed by atoms with Gasteiger partial charge in [-0.15, -0.1) is 12.4 Å². The number of hydrogen-bond donors (Lipinski definition) is 1. The third-order valence-corrected chi connectivity index (χ3v) is 3.61. The molecule has 19 heavy (non-hydrogen) atoms. The molecule has 0 fully saturated rings. The number of halogens is 1. The van der Waals surface area contributed by atoms with Crippen LogP contribution in [0.5, 0.6) is 5.75 Å². The first-order valence-electron chi connectivity index (χ1n) is 6.14. The second kappa shape index (κ2) is 7.53. The summed E-state index contributed by atoms with van der Waals surface area (Å²) in [6.45, 7) is 6.69. The summed E-state index contributed by atoms with van der Waals surface area (Å²) in [6, 6.07) is 5.97. The third kappa shape index (κ3) is 3.72. The lowest BCUT2D eigenvalue weighted by Crippen LogP contribution is -2.16. The number of rotatable bonds is 6. The molecule has 1 N–H and O–H groups in total. The van der Waals surface area contributed by atoms with Crippen LogP contribution in [0.1, 0.15) is 13.8 Å². The lowest BCUT2D eigenvalue weighted by atomic mass is 10.3. The summed E-state index contributed by atoms with van der Waals surface area (Å²) >= 11 is 1.47. The van der Waals surface area contributed by atoms with E-state index in [0.29, 0.717) is 24.6 Å². The van der Waals surface area contributed by atoms with Gasteiger partial charge in [0.1, 0.15) is 5.75 Å². The molecule has 0 saturated heterocycles. The first-order chi connectivity index (χ1) is 8.76. The molecule has 2 aromatic rings. The minimum Gasteiger partial charge on any atom is -0.494 e. The van der Waals surface area contributed by atoms with Gasteiger partial charge in [0.15, 0.2) is 4.80 Å². The Labute approximate surface area is 122 Å². The van der Waals surface area contributed by atoms with Crippen molar-refractivity contribution in [3.05, 3.63) is 23.0 Å². The van der Waals surface area contributed by atoms with Crippen molar-refractivity contribution < 1.29 is 9.47 Å². The highest BCUT2D eigenvalue weighted by atomic mass is 35.5. The number of thiazole rings is 1. The number of nitrogens with one attached hydrogen (secondary N) is 1. The van der Waals surface area contributed by atoms with E-state index < -0.39 is 0 Å². The summed E-state index contributed by atoms with van der Waals surface area (Å²) in [5.74, 6) is 0.864. The van der Waals surface area contributed by atoms with E-state index in [1.54, 1.807) is 0 Å². The molecule has 1 heterocycles. The highest BCUT2D eigenvalue weighted by molar-refractivity contribution is 7.16. The molecule has 0 aliphatic carbocycles. The number of fused-ring (bicyclic) bond motifs is 1. The van der Waals surface area contributed by atoms with E-state index in [1.807, 2.05) is 36.6 Å². The fourth-order valence-corrected chi connectivity index (χ4v) is 2.81. The van der Waals surface area contributed by atoms with Crippen molar-refractivity contribution in [2.45, 2.75) is 20.4 Å². The SMILES string of the molecule is CCOCCn1c(=N)sc2cc(OCC)ccc21.Cl. The van der Waals surface area contributed by atoms with Crippen LogP contribution in [0.3, 0.4) is 0 Å². The van der Waals surface area contributed by atoms with Crippen LogP contribution >= 0.6 is 23.7 Å². The second-order valence-corrected chi connectivity index (χ2v) is 4.85. The van der Waals surface area contributed by atoms with E-state index in [0.717, 1.165) is 22.5 Å². The van der Waals surface area contributed by atoms with Crippen LogP contribution in [0, 0.1) is 5.41 Å². The Morgan fingerprint density at radius 2 is 2.05 bits per heavy atom. The molecule has 0 saturated carbocycles. The minimum atomic E-state index is 0.